The van der Waals surface area contributed by atoms with Crippen LogP contribution in [0.4, 0.5) is 0 Å². The zero-order valence-corrected chi connectivity index (χ0v) is 15.4. The quantitative estimate of drug-likeness (QED) is 0.728. The second-order valence-electron chi connectivity index (χ2n) is 6.99. The average Bonchev–Trinajstić information content (AvgIpc) is 2.53. The van der Waals surface area contributed by atoms with E-state index in [1.165, 1.54) is 5.56 Å². The number of benzene rings is 2. The van der Waals surface area contributed by atoms with E-state index in [0.29, 0.717) is 5.02 Å². The summed E-state index contributed by atoms with van der Waals surface area (Å²) < 4.78 is 0. The Labute approximate surface area is 149 Å². The SMILES string of the molecule is C[C@H](NC(=O)/C=C/c1ccc(Cl)cc1)c1ccc(C(C)(C)C)cc1. The van der Waals surface area contributed by atoms with E-state index in [1.54, 1.807) is 24.3 Å². The fourth-order valence-electron chi connectivity index (χ4n) is 2.36. The molecular weight excluding hydrogens is 318 g/mol. The van der Waals surface area contributed by atoms with Crippen molar-refractivity contribution >= 4 is 23.6 Å². The Morgan fingerprint density at radius 1 is 1.04 bits per heavy atom. The highest BCUT2D eigenvalue weighted by Gasteiger charge is 2.14. The number of hydrogen-bond donors (Lipinski definition) is 1. The smallest absolute Gasteiger partial charge is 0.244 e. The molecule has 0 unspecified atom stereocenters. The van der Waals surface area contributed by atoms with Crippen LogP contribution in [0.2, 0.25) is 5.02 Å². The average molecular weight is 342 g/mol. The van der Waals surface area contributed by atoms with Gasteiger partial charge in [-0.3, -0.25) is 4.79 Å². The van der Waals surface area contributed by atoms with Crippen molar-refractivity contribution in [2.45, 2.75) is 39.2 Å². The molecule has 1 N–H and O–H groups in total. The van der Waals surface area contributed by atoms with Gasteiger partial charge < -0.3 is 5.32 Å². The van der Waals surface area contributed by atoms with Crippen LogP contribution in [-0.2, 0) is 10.2 Å². The minimum atomic E-state index is -0.114. The van der Waals surface area contributed by atoms with Crippen LogP contribution in [0.3, 0.4) is 0 Å². The molecule has 2 aromatic carbocycles. The van der Waals surface area contributed by atoms with Crippen LogP contribution >= 0.6 is 11.6 Å². The number of halogens is 1. The summed E-state index contributed by atoms with van der Waals surface area (Å²) in [6, 6.07) is 15.7. The monoisotopic (exact) mass is 341 g/mol. The fraction of sp³-hybridized carbons (Fsp3) is 0.286. The summed E-state index contributed by atoms with van der Waals surface area (Å²) in [5, 5.41) is 3.67. The van der Waals surface area contributed by atoms with E-state index in [2.05, 4.69) is 50.4 Å². The number of carbonyl (C=O) groups is 1. The van der Waals surface area contributed by atoms with Crippen molar-refractivity contribution < 1.29 is 4.79 Å². The van der Waals surface area contributed by atoms with E-state index < -0.39 is 0 Å². The molecule has 126 valence electrons. The van der Waals surface area contributed by atoms with Crippen molar-refractivity contribution in [2.24, 2.45) is 0 Å². The van der Waals surface area contributed by atoms with Gasteiger partial charge >= 0.3 is 0 Å². The lowest BCUT2D eigenvalue weighted by atomic mass is 9.86. The largest absolute Gasteiger partial charge is 0.346 e. The number of amides is 1. The van der Waals surface area contributed by atoms with E-state index in [9.17, 15) is 4.79 Å². The summed E-state index contributed by atoms with van der Waals surface area (Å²) in [6.07, 6.45) is 3.32. The second kappa shape index (κ2) is 7.67. The topological polar surface area (TPSA) is 29.1 Å². The predicted octanol–water partition coefficient (Wildman–Crippen LogP) is 5.53. The summed E-state index contributed by atoms with van der Waals surface area (Å²) in [6.45, 7) is 8.55. The van der Waals surface area contributed by atoms with Crippen LogP contribution < -0.4 is 5.32 Å². The van der Waals surface area contributed by atoms with Crippen LogP contribution in [0.1, 0.15) is 50.4 Å². The standard InChI is InChI=1S/C21H24ClNO/c1-15(17-8-10-18(11-9-17)21(2,3)4)23-20(24)14-7-16-5-12-19(22)13-6-16/h5-15H,1-4H3,(H,23,24)/b14-7+/t15-/m0/s1. The molecule has 2 rings (SSSR count). The summed E-state index contributed by atoms with van der Waals surface area (Å²) >= 11 is 5.85. The molecule has 0 bridgehead atoms. The van der Waals surface area contributed by atoms with Gasteiger partial charge in [-0.2, -0.15) is 0 Å². The minimum Gasteiger partial charge on any atom is -0.346 e. The number of carbonyl (C=O) groups excluding carboxylic acids is 1. The first-order valence-corrected chi connectivity index (χ1v) is 8.48. The van der Waals surface area contributed by atoms with Crippen LogP contribution in [0.15, 0.2) is 54.6 Å². The summed E-state index contributed by atoms with van der Waals surface area (Å²) in [5.74, 6) is -0.114. The van der Waals surface area contributed by atoms with Crippen LogP contribution in [0.5, 0.6) is 0 Å². The summed E-state index contributed by atoms with van der Waals surface area (Å²) in [7, 11) is 0. The highest BCUT2D eigenvalue weighted by Crippen LogP contribution is 2.23. The zero-order valence-electron chi connectivity index (χ0n) is 14.6. The highest BCUT2D eigenvalue weighted by atomic mass is 35.5. The molecule has 0 saturated heterocycles. The zero-order chi connectivity index (χ0) is 17.7. The van der Waals surface area contributed by atoms with E-state index in [0.717, 1.165) is 11.1 Å². The molecular formula is C21H24ClNO. The van der Waals surface area contributed by atoms with Gasteiger partial charge in [-0.25, -0.2) is 0 Å². The molecule has 0 aliphatic carbocycles. The Morgan fingerprint density at radius 3 is 2.17 bits per heavy atom. The lowest BCUT2D eigenvalue weighted by molar-refractivity contribution is -0.117. The first-order valence-electron chi connectivity index (χ1n) is 8.10. The van der Waals surface area contributed by atoms with Gasteiger partial charge in [0.05, 0.1) is 6.04 Å². The van der Waals surface area contributed by atoms with Crippen molar-refractivity contribution in [1.82, 2.24) is 5.32 Å². The molecule has 2 nitrogen and oxygen atoms in total. The fourth-order valence-corrected chi connectivity index (χ4v) is 2.49. The third-order valence-corrected chi connectivity index (χ3v) is 4.18. The number of nitrogens with one attached hydrogen (secondary N) is 1. The molecule has 0 heterocycles. The Hall–Kier alpha value is -2.06. The van der Waals surface area contributed by atoms with Gasteiger partial charge in [-0.05, 0) is 47.2 Å². The van der Waals surface area contributed by atoms with E-state index in [1.807, 2.05) is 19.1 Å². The molecule has 0 saturated carbocycles. The Kier molecular flexibility index (Phi) is 5.84. The maximum atomic E-state index is 12.1. The Balaban J connectivity index is 1.97. The first kappa shape index (κ1) is 18.3. The van der Waals surface area contributed by atoms with Crippen molar-refractivity contribution in [3.8, 4) is 0 Å². The predicted molar refractivity (Wildman–Crippen MR) is 102 cm³/mol. The maximum Gasteiger partial charge on any atom is 0.244 e. The van der Waals surface area contributed by atoms with Gasteiger partial charge in [0, 0.05) is 11.1 Å². The van der Waals surface area contributed by atoms with Crippen LogP contribution in [0.25, 0.3) is 6.08 Å². The lowest BCUT2D eigenvalue weighted by Gasteiger charge is -2.20. The van der Waals surface area contributed by atoms with Crippen molar-refractivity contribution in [3.63, 3.8) is 0 Å². The van der Waals surface area contributed by atoms with E-state index in [4.69, 9.17) is 11.6 Å². The van der Waals surface area contributed by atoms with E-state index in [-0.39, 0.29) is 17.4 Å². The van der Waals surface area contributed by atoms with Gasteiger partial charge in [-0.1, -0.05) is 68.8 Å². The highest BCUT2D eigenvalue weighted by molar-refractivity contribution is 6.30. The summed E-state index contributed by atoms with van der Waals surface area (Å²) in [4.78, 5) is 12.1. The van der Waals surface area contributed by atoms with Crippen molar-refractivity contribution in [3.05, 3.63) is 76.3 Å². The molecule has 0 aromatic heterocycles. The maximum absolute atomic E-state index is 12.1. The number of hydrogen-bond acceptors (Lipinski definition) is 1. The lowest BCUT2D eigenvalue weighted by Crippen LogP contribution is -2.24. The molecule has 0 fully saturated rings. The normalized spacial score (nSPS) is 13.0. The Morgan fingerprint density at radius 2 is 1.62 bits per heavy atom. The van der Waals surface area contributed by atoms with Gasteiger partial charge in [0.2, 0.25) is 5.91 Å². The first-order chi connectivity index (χ1) is 11.3. The molecule has 0 aliphatic rings. The van der Waals surface area contributed by atoms with Crippen molar-refractivity contribution in [2.75, 3.05) is 0 Å². The molecule has 2 aromatic rings. The Bertz CT molecular complexity index is 709. The molecule has 1 atom stereocenters. The van der Waals surface area contributed by atoms with Crippen LogP contribution in [0, 0.1) is 0 Å². The molecule has 0 spiro atoms. The molecule has 0 radical (unpaired) electrons. The van der Waals surface area contributed by atoms with Gasteiger partial charge in [0.25, 0.3) is 0 Å². The van der Waals surface area contributed by atoms with Gasteiger partial charge in [0.1, 0.15) is 0 Å². The molecule has 0 aliphatic heterocycles. The third-order valence-electron chi connectivity index (χ3n) is 3.93. The third kappa shape index (κ3) is 5.24. The second-order valence-corrected chi connectivity index (χ2v) is 7.42. The molecule has 1 amide bonds. The minimum absolute atomic E-state index is 0.0404. The van der Waals surface area contributed by atoms with Crippen molar-refractivity contribution in [1.29, 1.82) is 0 Å². The van der Waals surface area contributed by atoms with E-state index >= 15 is 0 Å². The molecule has 24 heavy (non-hydrogen) atoms. The van der Waals surface area contributed by atoms with Gasteiger partial charge in [0.15, 0.2) is 0 Å². The summed E-state index contributed by atoms with van der Waals surface area (Å²) in [5.41, 5.74) is 3.45. The van der Waals surface area contributed by atoms with Gasteiger partial charge in [-0.15, -0.1) is 0 Å². The number of rotatable bonds is 4. The molecule has 3 heteroatoms. The van der Waals surface area contributed by atoms with Crippen LogP contribution in [-0.4, -0.2) is 5.91 Å².